The van der Waals surface area contributed by atoms with Gasteiger partial charge >= 0.3 is 0 Å². The van der Waals surface area contributed by atoms with E-state index in [9.17, 15) is 0 Å². The van der Waals surface area contributed by atoms with Crippen LogP contribution in [0.5, 0.6) is 0 Å². The second-order valence-corrected chi connectivity index (χ2v) is 5.89. The lowest BCUT2D eigenvalue weighted by molar-refractivity contribution is 0.0542. The van der Waals surface area contributed by atoms with Gasteiger partial charge in [0.05, 0.1) is 0 Å². The summed E-state index contributed by atoms with van der Waals surface area (Å²) >= 11 is 0. The molecule has 4 atom stereocenters. The van der Waals surface area contributed by atoms with E-state index in [1.165, 1.54) is 38.6 Å². The van der Waals surface area contributed by atoms with Crippen LogP contribution in [0.15, 0.2) is 0 Å². The molecule has 0 radical (unpaired) electrons. The molecule has 0 aliphatic carbocycles. The Morgan fingerprint density at radius 3 is 2.47 bits per heavy atom. The normalized spacial score (nSPS) is 30.2. The van der Waals surface area contributed by atoms with E-state index < -0.39 is 0 Å². The number of likely N-dealkylation sites (tertiary alicyclic amines) is 1. The van der Waals surface area contributed by atoms with Gasteiger partial charge < -0.3 is 5.32 Å². The average molecular weight is 240 g/mol. The van der Waals surface area contributed by atoms with Crippen molar-refractivity contribution in [2.24, 2.45) is 5.92 Å². The minimum absolute atomic E-state index is 0.665. The van der Waals surface area contributed by atoms with Crippen molar-refractivity contribution in [1.29, 1.82) is 0 Å². The lowest BCUT2D eigenvalue weighted by Crippen LogP contribution is -2.55. The van der Waals surface area contributed by atoms with Gasteiger partial charge in [-0.25, -0.2) is 0 Å². The minimum atomic E-state index is 0.665. The second-order valence-electron chi connectivity index (χ2n) is 5.89. The Hall–Kier alpha value is -0.0800. The van der Waals surface area contributed by atoms with Crippen LogP contribution in [-0.2, 0) is 0 Å². The summed E-state index contributed by atoms with van der Waals surface area (Å²) in [7, 11) is 2.13. The van der Waals surface area contributed by atoms with Crippen LogP contribution in [-0.4, -0.2) is 36.6 Å². The molecule has 2 nitrogen and oxygen atoms in total. The maximum absolute atomic E-state index is 3.55. The standard InChI is InChI=1S/C15H32N2/c1-6-8-14(16-5)15(7-2)17-11-12(3)9-10-13(17)4/h12-16H,6-11H2,1-5H3. The third-order valence-corrected chi connectivity index (χ3v) is 4.45. The Bertz CT molecular complexity index is 205. The molecule has 4 unspecified atom stereocenters. The fourth-order valence-corrected chi connectivity index (χ4v) is 3.38. The number of nitrogens with one attached hydrogen (secondary N) is 1. The van der Waals surface area contributed by atoms with E-state index in [-0.39, 0.29) is 0 Å². The van der Waals surface area contributed by atoms with E-state index >= 15 is 0 Å². The molecule has 0 aromatic heterocycles. The number of hydrogen-bond donors (Lipinski definition) is 1. The van der Waals surface area contributed by atoms with Crippen molar-refractivity contribution < 1.29 is 0 Å². The molecule has 0 spiro atoms. The third-order valence-electron chi connectivity index (χ3n) is 4.45. The average Bonchev–Trinajstić information content (AvgIpc) is 2.33. The van der Waals surface area contributed by atoms with Gasteiger partial charge in [-0.15, -0.1) is 0 Å². The van der Waals surface area contributed by atoms with Crippen LogP contribution in [0.4, 0.5) is 0 Å². The molecular formula is C15H32N2. The summed E-state index contributed by atoms with van der Waals surface area (Å²) in [5.41, 5.74) is 0. The molecule has 1 heterocycles. The van der Waals surface area contributed by atoms with E-state index in [0.29, 0.717) is 6.04 Å². The van der Waals surface area contributed by atoms with Crippen LogP contribution in [0.1, 0.15) is 59.8 Å². The van der Waals surface area contributed by atoms with Crippen LogP contribution >= 0.6 is 0 Å². The molecule has 0 amide bonds. The van der Waals surface area contributed by atoms with Gasteiger partial charge in [0.15, 0.2) is 0 Å². The molecule has 1 saturated heterocycles. The largest absolute Gasteiger partial charge is 0.315 e. The summed E-state index contributed by atoms with van der Waals surface area (Å²) in [4.78, 5) is 2.77. The van der Waals surface area contributed by atoms with Gasteiger partial charge in [0.25, 0.3) is 0 Å². The van der Waals surface area contributed by atoms with Gasteiger partial charge in [-0.1, -0.05) is 27.2 Å². The fraction of sp³-hybridized carbons (Fsp3) is 1.00. The SMILES string of the molecule is CCCC(NC)C(CC)N1CC(C)CCC1C. The molecule has 1 N–H and O–H groups in total. The highest BCUT2D eigenvalue weighted by Gasteiger charge is 2.31. The van der Waals surface area contributed by atoms with Crippen molar-refractivity contribution in [2.75, 3.05) is 13.6 Å². The van der Waals surface area contributed by atoms with E-state index in [1.54, 1.807) is 0 Å². The van der Waals surface area contributed by atoms with Gasteiger partial charge in [0, 0.05) is 24.7 Å². The fourth-order valence-electron chi connectivity index (χ4n) is 3.38. The van der Waals surface area contributed by atoms with Crippen molar-refractivity contribution in [2.45, 2.75) is 77.9 Å². The smallest absolute Gasteiger partial charge is 0.0249 e. The summed E-state index contributed by atoms with van der Waals surface area (Å²) in [6, 6.07) is 2.15. The summed E-state index contributed by atoms with van der Waals surface area (Å²) in [6.07, 6.45) is 6.63. The maximum atomic E-state index is 3.55. The van der Waals surface area contributed by atoms with Gasteiger partial charge in [0.2, 0.25) is 0 Å². The lowest BCUT2D eigenvalue weighted by atomic mass is 9.90. The van der Waals surface area contributed by atoms with E-state index in [4.69, 9.17) is 0 Å². The Morgan fingerprint density at radius 2 is 1.94 bits per heavy atom. The van der Waals surface area contributed by atoms with Crippen molar-refractivity contribution >= 4 is 0 Å². The summed E-state index contributed by atoms with van der Waals surface area (Å²) in [5, 5.41) is 3.55. The number of nitrogens with zero attached hydrogens (tertiary/aromatic N) is 1. The Morgan fingerprint density at radius 1 is 1.24 bits per heavy atom. The number of rotatable bonds is 6. The maximum Gasteiger partial charge on any atom is 0.0249 e. The molecule has 0 aromatic rings. The monoisotopic (exact) mass is 240 g/mol. The highest BCUT2D eigenvalue weighted by atomic mass is 15.2. The van der Waals surface area contributed by atoms with Crippen LogP contribution < -0.4 is 5.32 Å². The number of piperidine rings is 1. The molecular weight excluding hydrogens is 208 g/mol. The highest BCUT2D eigenvalue weighted by Crippen LogP contribution is 2.26. The first-order chi connectivity index (χ1) is 8.13. The molecule has 2 heteroatoms. The second kappa shape index (κ2) is 7.38. The van der Waals surface area contributed by atoms with E-state index in [1.807, 2.05) is 0 Å². The predicted molar refractivity (Wildman–Crippen MR) is 76.4 cm³/mol. The van der Waals surface area contributed by atoms with Crippen molar-refractivity contribution in [3.8, 4) is 0 Å². The number of hydrogen-bond acceptors (Lipinski definition) is 2. The molecule has 0 bridgehead atoms. The first-order valence-corrected chi connectivity index (χ1v) is 7.56. The topological polar surface area (TPSA) is 15.3 Å². The van der Waals surface area contributed by atoms with Crippen LogP contribution in [0.25, 0.3) is 0 Å². The Kier molecular flexibility index (Phi) is 6.50. The molecule has 1 aliphatic heterocycles. The zero-order valence-electron chi connectivity index (χ0n) is 12.5. The summed E-state index contributed by atoms with van der Waals surface area (Å²) in [6.45, 7) is 10.7. The lowest BCUT2D eigenvalue weighted by Gasteiger charge is -2.45. The Balaban J connectivity index is 2.69. The minimum Gasteiger partial charge on any atom is -0.315 e. The molecule has 1 fully saturated rings. The van der Waals surface area contributed by atoms with Crippen LogP contribution in [0, 0.1) is 5.92 Å². The quantitative estimate of drug-likeness (QED) is 0.766. The van der Waals surface area contributed by atoms with E-state index in [0.717, 1.165) is 18.0 Å². The predicted octanol–water partition coefficient (Wildman–Crippen LogP) is 3.27. The Labute approximate surface area is 108 Å². The van der Waals surface area contributed by atoms with Gasteiger partial charge in [0.1, 0.15) is 0 Å². The van der Waals surface area contributed by atoms with Gasteiger partial charge in [-0.3, -0.25) is 4.90 Å². The molecule has 0 saturated carbocycles. The first kappa shape index (κ1) is 15.0. The summed E-state index contributed by atoms with van der Waals surface area (Å²) < 4.78 is 0. The molecule has 0 aromatic carbocycles. The third kappa shape index (κ3) is 3.96. The zero-order valence-corrected chi connectivity index (χ0v) is 12.5. The van der Waals surface area contributed by atoms with E-state index in [2.05, 4.69) is 45.0 Å². The highest BCUT2D eigenvalue weighted by molar-refractivity contribution is 4.88. The van der Waals surface area contributed by atoms with Gasteiger partial charge in [-0.2, -0.15) is 0 Å². The van der Waals surface area contributed by atoms with Crippen molar-refractivity contribution in [3.05, 3.63) is 0 Å². The molecule has 102 valence electrons. The van der Waals surface area contributed by atoms with Gasteiger partial charge in [-0.05, 0) is 45.6 Å². The summed E-state index contributed by atoms with van der Waals surface area (Å²) in [5.74, 6) is 0.874. The molecule has 17 heavy (non-hydrogen) atoms. The van der Waals surface area contributed by atoms with Crippen molar-refractivity contribution in [1.82, 2.24) is 10.2 Å². The molecule has 1 rings (SSSR count). The number of likely N-dealkylation sites (N-methyl/N-ethyl adjacent to an activating group) is 1. The van der Waals surface area contributed by atoms with Crippen LogP contribution in [0.2, 0.25) is 0 Å². The first-order valence-electron chi connectivity index (χ1n) is 7.56. The zero-order chi connectivity index (χ0) is 12.8. The van der Waals surface area contributed by atoms with Crippen molar-refractivity contribution in [3.63, 3.8) is 0 Å². The molecule has 1 aliphatic rings. The van der Waals surface area contributed by atoms with Crippen LogP contribution in [0.3, 0.4) is 0 Å².